The maximum Gasteiger partial charge on any atom is 0.255 e. The van der Waals surface area contributed by atoms with Crippen molar-refractivity contribution >= 4 is 6.29 Å². The third-order valence-corrected chi connectivity index (χ3v) is 0.603. The molecule has 0 fully saturated rings. The fraction of sp³-hybridized carbons (Fsp3) is 0. The molecule has 1 N–H and O–H groups in total. The Morgan fingerprint density at radius 2 is 2.71 bits per heavy atom. The molecule has 0 aliphatic carbocycles. The summed E-state index contributed by atoms with van der Waals surface area (Å²) in [7, 11) is 0. The van der Waals surface area contributed by atoms with Crippen LogP contribution in [0.4, 0.5) is 0 Å². The van der Waals surface area contributed by atoms with E-state index in [1.807, 2.05) is 0 Å². The highest BCUT2D eigenvalue weighted by Gasteiger charge is 1.85. The van der Waals surface area contributed by atoms with Crippen molar-refractivity contribution in [3.05, 3.63) is 18.2 Å². The van der Waals surface area contributed by atoms with Gasteiger partial charge in [0.2, 0.25) is 0 Å². The summed E-state index contributed by atoms with van der Waals surface area (Å²) < 4.78 is 0. The average Bonchev–Trinajstić information content (AvgIpc) is 2.14. The zero-order chi connectivity index (χ0) is 5.11. The second-order valence-corrected chi connectivity index (χ2v) is 1.06. The highest BCUT2D eigenvalue weighted by molar-refractivity contribution is 5.71. The molecule has 35 valence electrons. The second kappa shape index (κ2) is 1.55. The minimum absolute atomic E-state index is 0.319. The summed E-state index contributed by atoms with van der Waals surface area (Å²) >= 11 is 0. The van der Waals surface area contributed by atoms with Gasteiger partial charge in [-0.25, -0.2) is 4.98 Å². The lowest BCUT2D eigenvalue weighted by Crippen LogP contribution is -1.73. The predicted molar refractivity (Wildman–Crippen MR) is 23.4 cm³/mol. The highest BCUT2D eigenvalue weighted by atomic mass is 16.1. The van der Waals surface area contributed by atoms with Crippen molar-refractivity contribution in [2.75, 3.05) is 0 Å². The van der Waals surface area contributed by atoms with Gasteiger partial charge in [-0.1, -0.05) is 0 Å². The van der Waals surface area contributed by atoms with Gasteiger partial charge < -0.3 is 4.98 Å². The molecule has 0 aliphatic heterocycles. The van der Waals surface area contributed by atoms with Gasteiger partial charge in [0, 0.05) is 6.20 Å². The van der Waals surface area contributed by atoms with E-state index in [1.54, 1.807) is 6.29 Å². The van der Waals surface area contributed by atoms with Crippen LogP contribution in [0.25, 0.3) is 0 Å². The molecule has 1 radical (unpaired) electrons. The number of imidazole rings is 1. The number of nitrogens with one attached hydrogen (secondary N) is 1. The van der Waals surface area contributed by atoms with Crippen molar-refractivity contribution in [1.82, 2.24) is 9.97 Å². The largest absolute Gasteiger partial charge is 0.350 e. The molecule has 1 heterocycles. The van der Waals surface area contributed by atoms with Crippen LogP contribution in [0.2, 0.25) is 0 Å². The molecule has 0 atom stereocenters. The van der Waals surface area contributed by atoms with Crippen LogP contribution in [0.15, 0.2) is 12.5 Å². The molecule has 0 bridgehead atoms. The Labute approximate surface area is 40.4 Å². The maximum absolute atomic E-state index is 9.66. The van der Waals surface area contributed by atoms with E-state index in [9.17, 15) is 4.79 Å². The first-order chi connectivity index (χ1) is 3.43. The topological polar surface area (TPSA) is 45.8 Å². The van der Waals surface area contributed by atoms with Gasteiger partial charge in [-0.15, -0.1) is 0 Å². The van der Waals surface area contributed by atoms with Gasteiger partial charge >= 0.3 is 0 Å². The van der Waals surface area contributed by atoms with E-state index in [4.69, 9.17) is 0 Å². The van der Waals surface area contributed by atoms with E-state index in [-0.39, 0.29) is 0 Å². The molecule has 0 unspecified atom stereocenters. The zero-order valence-electron chi connectivity index (χ0n) is 3.51. The van der Waals surface area contributed by atoms with Crippen LogP contribution < -0.4 is 0 Å². The molecule has 3 nitrogen and oxygen atoms in total. The van der Waals surface area contributed by atoms with Crippen LogP contribution in [0.1, 0.15) is 5.69 Å². The number of aromatic nitrogens is 2. The Bertz CT molecular complexity index is 145. The lowest BCUT2D eigenvalue weighted by molar-refractivity contribution is 0.561. The lowest BCUT2D eigenvalue weighted by Gasteiger charge is -1.62. The number of carbonyl (C=O) groups excluding carboxylic acids is 1. The van der Waals surface area contributed by atoms with E-state index in [0.29, 0.717) is 5.69 Å². The van der Waals surface area contributed by atoms with Gasteiger partial charge in [-0.3, -0.25) is 4.79 Å². The molecular weight excluding hydrogens is 92.1 g/mol. The molecule has 0 aromatic carbocycles. The van der Waals surface area contributed by atoms with Crippen molar-refractivity contribution < 1.29 is 4.79 Å². The lowest BCUT2D eigenvalue weighted by atomic mass is 10.6. The molecule has 7 heavy (non-hydrogen) atoms. The van der Waals surface area contributed by atoms with Crippen LogP contribution >= 0.6 is 0 Å². The first-order valence-corrected chi connectivity index (χ1v) is 1.80. The van der Waals surface area contributed by atoms with Gasteiger partial charge in [0.25, 0.3) is 6.29 Å². The average molecular weight is 95.1 g/mol. The quantitative estimate of drug-likeness (QED) is 0.528. The molecule has 3 heteroatoms. The van der Waals surface area contributed by atoms with Crippen molar-refractivity contribution in [2.45, 2.75) is 0 Å². The molecule has 0 spiro atoms. The van der Waals surface area contributed by atoms with Crippen LogP contribution in [0.5, 0.6) is 0 Å². The van der Waals surface area contributed by atoms with Gasteiger partial charge in [0.1, 0.15) is 5.69 Å². The number of nitrogens with zero attached hydrogens (tertiary/aromatic N) is 1. The van der Waals surface area contributed by atoms with Gasteiger partial charge in [0.05, 0.1) is 6.33 Å². The molecule has 0 aliphatic rings. The summed E-state index contributed by atoms with van der Waals surface area (Å²) in [5.74, 6) is 0. The van der Waals surface area contributed by atoms with Crippen molar-refractivity contribution in [3.8, 4) is 0 Å². The molecule has 0 amide bonds. The van der Waals surface area contributed by atoms with E-state index in [2.05, 4.69) is 9.97 Å². The van der Waals surface area contributed by atoms with Gasteiger partial charge in [-0.05, 0) is 0 Å². The Hall–Kier alpha value is -1.12. The van der Waals surface area contributed by atoms with E-state index in [0.717, 1.165) is 0 Å². The minimum Gasteiger partial charge on any atom is -0.350 e. The van der Waals surface area contributed by atoms with Crippen molar-refractivity contribution in [3.63, 3.8) is 0 Å². The number of hydrogen-bond acceptors (Lipinski definition) is 2. The standard InChI is InChI=1S/C4H3N2O/c7-2-4-1-5-3-6-4/h1,3H,(H,5,6). The molecule has 0 saturated heterocycles. The van der Waals surface area contributed by atoms with Crippen LogP contribution in [0, 0.1) is 0 Å². The number of hydrogen-bond donors (Lipinski definition) is 1. The van der Waals surface area contributed by atoms with Crippen LogP contribution in [-0.2, 0) is 4.79 Å². The minimum atomic E-state index is 0.319. The Morgan fingerprint density at radius 1 is 1.86 bits per heavy atom. The van der Waals surface area contributed by atoms with Crippen LogP contribution in [-0.4, -0.2) is 16.3 Å². The third kappa shape index (κ3) is 0.652. The SMILES string of the molecule is O=[C]c1c[nH]cn1. The monoisotopic (exact) mass is 95.0 g/mol. The normalized spacial score (nSPS) is 8.57. The first kappa shape index (κ1) is 4.05. The summed E-state index contributed by atoms with van der Waals surface area (Å²) in [6.45, 7) is 0. The molecular formula is C4H3N2O. The fourth-order valence-electron chi connectivity index (χ4n) is 0.316. The summed E-state index contributed by atoms with van der Waals surface area (Å²) in [5.41, 5.74) is 0.319. The van der Waals surface area contributed by atoms with E-state index < -0.39 is 0 Å². The maximum atomic E-state index is 9.66. The van der Waals surface area contributed by atoms with E-state index in [1.165, 1.54) is 12.5 Å². The molecule has 1 rings (SSSR count). The smallest absolute Gasteiger partial charge is 0.255 e. The molecule has 1 aromatic heterocycles. The highest BCUT2D eigenvalue weighted by Crippen LogP contribution is 1.79. The number of rotatable bonds is 1. The Morgan fingerprint density at radius 3 is 3.00 bits per heavy atom. The molecule has 0 saturated carbocycles. The number of aromatic amines is 1. The predicted octanol–water partition coefficient (Wildman–Crippen LogP) is -0.133. The summed E-state index contributed by atoms with van der Waals surface area (Å²) in [6.07, 6.45) is 4.52. The second-order valence-electron chi connectivity index (χ2n) is 1.06. The summed E-state index contributed by atoms with van der Waals surface area (Å²) in [4.78, 5) is 15.8. The van der Waals surface area contributed by atoms with Crippen molar-refractivity contribution in [1.29, 1.82) is 0 Å². The van der Waals surface area contributed by atoms with Gasteiger partial charge in [-0.2, -0.15) is 0 Å². The third-order valence-electron chi connectivity index (χ3n) is 0.603. The van der Waals surface area contributed by atoms with Gasteiger partial charge in [0.15, 0.2) is 0 Å². The summed E-state index contributed by atoms with van der Waals surface area (Å²) in [6, 6.07) is 0. The molecule has 1 aromatic rings. The Kier molecular flexibility index (Phi) is 0.898. The van der Waals surface area contributed by atoms with E-state index >= 15 is 0 Å². The van der Waals surface area contributed by atoms with Crippen LogP contribution in [0.3, 0.4) is 0 Å². The summed E-state index contributed by atoms with van der Waals surface area (Å²) in [5, 5.41) is 0. The first-order valence-electron chi connectivity index (χ1n) is 1.80. The number of H-pyrrole nitrogens is 1. The van der Waals surface area contributed by atoms with Crippen molar-refractivity contribution in [2.24, 2.45) is 0 Å². The fourth-order valence-corrected chi connectivity index (χ4v) is 0.316. The zero-order valence-corrected chi connectivity index (χ0v) is 3.51. The Balaban J connectivity index is 2.96.